The molecule has 3 rings (SSSR count). The Morgan fingerprint density at radius 2 is 2.12 bits per heavy atom. The molecule has 0 atom stereocenters. The van der Waals surface area contributed by atoms with Crippen molar-refractivity contribution in [1.82, 2.24) is 19.6 Å². The predicted octanol–water partition coefficient (Wildman–Crippen LogP) is 0.397. The van der Waals surface area contributed by atoms with Gasteiger partial charge in [0.05, 0.1) is 5.54 Å². The van der Waals surface area contributed by atoms with Crippen LogP contribution in [0, 0.1) is 6.92 Å². The number of hydrogen-bond acceptors (Lipinski definition) is 5. The largest absolute Gasteiger partial charge is 0.381 e. The first-order chi connectivity index (χ1) is 8.19. The first-order valence-corrected chi connectivity index (χ1v) is 5.73. The molecule has 2 aromatic rings. The first-order valence-electron chi connectivity index (χ1n) is 5.73. The Balaban J connectivity index is 2.10. The highest BCUT2D eigenvalue weighted by molar-refractivity contribution is 5.39. The van der Waals surface area contributed by atoms with Crippen molar-refractivity contribution in [3.8, 4) is 0 Å². The average Bonchev–Trinajstić information content (AvgIpc) is 2.73. The molecule has 2 aromatic heterocycles. The third-order valence-corrected chi connectivity index (χ3v) is 3.27. The third kappa shape index (κ3) is 1.69. The minimum atomic E-state index is -0.450. The second kappa shape index (κ2) is 3.75. The van der Waals surface area contributed by atoms with Crippen LogP contribution in [0.5, 0.6) is 0 Å². The molecule has 0 bridgehead atoms. The smallest absolute Gasteiger partial charge is 0.163 e. The highest BCUT2D eigenvalue weighted by Crippen LogP contribution is 2.28. The van der Waals surface area contributed by atoms with Crippen LogP contribution in [0.4, 0.5) is 0 Å². The van der Waals surface area contributed by atoms with Crippen LogP contribution in [0.25, 0.3) is 5.65 Å². The van der Waals surface area contributed by atoms with Gasteiger partial charge in [-0.2, -0.15) is 0 Å². The average molecular weight is 233 g/mol. The van der Waals surface area contributed by atoms with Crippen LogP contribution in [0.3, 0.4) is 0 Å². The Labute approximate surface area is 98.8 Å². The van der Waals surface area contributed by atoms with Crippen molar-refractivity contribution in [3.63, 3.8) is 0 Å². The van der Waals surface area contributed by atoms with Crippen LogP contribution >= 0.6 is 0 Å². The van der Waals surface area contributed by atoms with Crippen molar-refractivity contribution in [3.05, 3.63) is 23.9 Å². The Hall–Kier alpha value is -1.53. The lowest BCUT2D eigenvalue weighted by atomic mass is 9.90. The van der Waals surface area contributed by atoms with E-state index >= 15 is 0 Å². The summed E-state index contributed by atoms with van der Waals surface area (Å²) in [4.78, 5) is 4.26. The van der Waals surface area contributed by atoms with Gasteiger partial charge in [-0.25, -0.2) is 4.98 Å². The lowest BCUT2D eigenvalue weighted by Gasteiger charge is -2.31. The molecule has 0 saturated carbocycles. The van der Waals surface area contributed by atoms with E-state index in [9.17, 15) is 0 Å². The summed E-state index contributed by atoms with van der Waals surface area (Å²) in [7, 11) is 0. The number of ether oxygens (including phenoxy) is 1. The lowest BCUT2D eigenvalue weighted by Crippen LogP contribution is -2.43. The molecule has 0 aliphatic carbocycles. The summed E-state index contributed by atoms with van der Waals surface area (Å²) in [6.45, 7) is 3.27. The fourth-order valence-corrected chi connectivity index (χ4v) is 2.19. The van der Waals surface area contributed by atoms with Crippen molar-refractivity contribution in [1.29, 1.82) is 0 Å². The zero-order chi connectivity index (χ0) is 11.9. The van der Waals surface area contributed by atoms with Crippen LogP contribution in [-0.2, 0) is 10.3 Å². The summed E-state index contributed by atoms with van der Waals surface area (Å²) in [5.41, 5.74) is 7.67. The zero-order valence-electron chi connectivity index (χ0n) is 9.76. The molecular weight excluding hydrogens is 218 g/mol. The van der Waals surface area contributed by atoms with Crippen molar-refractivity contribution < 1.29 is 4.74 Å². The minimum absolute atomic E-state index is 0.450. The van der Waals surface area contributed by atoms with Crippen molar-refractivity contribution in [2.24, 2.45) is 5.73 Å². The molecule has 1 saturated heterocycles. The summed E-state index contributed by atoms with van der Waals surface area (Å²) in [5.74, 6) is 0.781. The van der Waals surface area contributed by atoms with Crippen LogP contribution in [0.1, 0.15) is 24.4 Å². The minimum Gasteiger partial charge on any atom is -0.381 e. The summed E-state index contributed by atoms with van der Waals surface area (Å²) in [6.07, 6.45) is 3.27. The molecule has 1 fully saturated rings. The molecule has 6 heteroatoms. The Kier molecular flexibility index (Phi) is 2.34. The third-order valence-electron chi connectivity index (χ3n) is 3.27. The van der Waals surface area contributed by atoms with E-state index in [1.165, 1.54) is 0 Å². The molecule has 0 radical (unpaired) electrons. The fourth-order valence-electron chi connectivity index (χ4n) is 2.19. The highest BCUT2D eigenvalue weighted by atomic mass is 16.5. The molecule has 0 unspecified atom stereocenters. The van der Waals surface area contributed by atoms with Gasteiger partial charge in [0.1, 0.15) is 6.33 Å². The molecule has 0 spiro atoms. The van der Waals surface area contributed by atoms with Crippen LogP contribution in [-0.4, -0.2) is 32.8 Å². The maximum absolute atomic E-state index is 6.40. The van der Waals surface area contributed by atoms with Gasteiger partial charge in [0, 0.05) is 25.0 Å². The monoisotopic (exact) mass is 233 g/mol. The van der Waals surface area contributed by atoms with E-state index in [4.69, 9.17) is 10.5 Å². The number of hydrogen-bond donors (Lipinski definition) is 1. The van der Waals surface area contributed by atoms with E-state index in [1.807, 2.05) is 17.4 Å². The molecular formula is C11H15N5O. The van der Waals surface area contributed by atoms with Crippen molar-refractivity contribution in [2.75, 3.05) is 13.2 Å². The summed E-state index contributed by atoms with van der Waals surface area (Å²) in [6, 6.07) is 1.90. The predicted molar refractivity (Wildman–Crippen MR) is 61.4 cm³/mol. The molecule has 1 aliphatic rings. The number of rotatable bonds is 1. The van der Waals surface area contributed by atoms with E-state index in [1.54, 1.807) is 6.33 Å². The van der Waals surface area contributed by atoms with Crippen LogP contribution in [0.2, 0.25) is 0 Å². The lowest BCUT2D eigenvalue weighted by molar-refractivity contribution is 0.0488. The number of nitrogens with two attached hydrogens (primary N) is 1. The molecule has 3 heterocycles. The van der Waals surface area contributed by atoms with Gasteiger partial charge in [-0.3, -0.25) is 4.40 Å². The Bertz CT molecular complexity index is 544. The molecule has 2 N–H and O–H groups in total. The first kappa shape index (κ1) is 10.6. The summed E-state index contributed by atoms with van der Waals surface area (Å²) >= 11 is 0. The van der Waals surface area contributed by atoms with Gasteiger partial charge in [-0.05, 0) is 19.8 Å². The number of aromatic nitrogens is 4. The molecule has 90 valence electrons. The van der Waals surface area contributed by atoms with Gasteiger partial charge in [-0.1, -0.05) is 0 Å². The molecule has 6 nitrogen and oxygen atoms in total. The molecule has 0 aromatic carbocycles. The van der Waals surface area contributed by atoms with Crippen molar-refractivity contribution in [2.45, 2.75) is 25.3 Å². The van der Waals surface area contributed by atoms with Gasteiger partial charge in [-0.15, -0.1) is 10.2 Å². The quantitative estimate of drug-likeness (QED) is 0.771. The number of aryl methyl sites for hydroxylation is 1. The topological polar surface area (TPSA) is 78.3 Å². The van der Waals surface area contributed by atoms with E-state index in [-0.39, 0.29) is 0 Å². The van der Waals surface area contributed by atoms with E-state index in [0.717, 1.165) is 30.0 Å². The van der Waals surface area contributed by atoms with E-state index < -0.39 is 5.54 Å². The van der Waals surface area contributed by atoms with Gasteiger partial charge < -0.3 is 10.5 Å². The number of fused-ring (bicyclic) bond motifs is 1. The zero-order valence-corrected chi connectivity index (χ0v) is 9.76. The maximum atomic E-state index is 6.40. The normalized spacial score (nSPS) is 19.6. The number of nitrogens with zero attached hydrogens (tertiary/aromatic N) is 4. The molecule has 1 aliphatic heterocycles. The van der Waals surface area contributed by atoms with Gasteiger partial charge in [0.15, 0.2) is 11.5 Å². The van der Waals surface area contributed by atoms with Crippen molar-refractivity contribution >= 4 is 5.65 Å². The molecule has 0 amide bonds. The maximum Gasteiger partial charge on any atom is 0.163 e. The fraction of sp³-hybridized carbons (Fsp3) is 0.545. The standard InChI is InChI=1S/C11H15N5O/c1-8-6-9-14-15-10(16(9)7-13-8)11(12)2-4-17-5-3-11/h6-7H,2-5,12H2,1H3. The van der Waals surface area contributed by atoms with Gasteiger partial charge in [0.25, 0.3) is 0 Å². The molecule has 17 heavy (non-hydrogen) atoms. The van der Waals surface area contributed by atoms with E-state index in [2.05, 4.69) is 15.2 Å². The van der Waals surface area contributed by atoms with Crippen LogP contribution < -0.4 is 5.73 Å². The SMILES string of the molecule is Cc1cc2nnc(C3(N)CCOCC3)n2cn1. The van der Waals surface area contributed by atoms with E-state index in [0.29, 0.717) is 13.2 Å². The highest BCUT2D eigenvalue weighted by Gasteiger charge is 2.34. The van der Waals surface area contributed by atoms with Gasteiger partial charge >= 0.3 is 0 Å². The summed E-state index contributed by atoms with van der Waals surface area (Å²) < 4.78 is 7.21. The Morgan fingerprint density at radius 1 is 1.35 bits per heavy atom. The second-order valence-corrected chi connectivity index (χ2v) is 4.55. The Morgan fingerprint density at radius 3 is 2.88 bits per heavy atom. The second-order valence-electron chi connectivity index (χ2n) is 4.55. The van der Waals surface area contributed by atoms with Crippen LogP contribution in [0.15, 0.2) is 12.4 Å². The summed E-state index contributed by atoms with van der Waals surface area (Å²) in [5, 5.41) is 8.38. The van der Waals surface area contributed by atoms with Gasteiger partial charge in [0.2, 0.25) is 0 Å².